The Bertz CT molecular complexity index is 662. The molecular formula is C19H24ClN3O2S. The zero-order valence-corrected chi connectivity index (χ0v) is 16.3. The third kappa shape index (κ3) is 6.91. The molecule has 1 fully saturated rings. The lowest BCUT2D eigenvalue weighted by molar-refractivity contribution is -0.130. The van der Waals surface area contributed by atoms with Gasteiger partial charge in [-0.2, -0.15) is 0 Å². The highest BCUT2D eigenvalue weighted by molar-refractivity contribution is 7.99. The number of hydrogen-bond acceptors (Lipinski definition) is 4. The topological polar surface area (TPSA) is 52.7 Å². The molecule has 0 bridgehead atoms. The largest absolute Gasteiger partial charge is 0.344 e. The predicted octanol–water partition coefficient (Wildman–Crippen LogP) is 2.11. The molecule has 7 heteroatoms. The van der Waals surface area contributed by atoms with Crippen LogP contribution in [0.4, 0.5) is 0 Å². The van der Waals surface area contributed by atoms with Crippen molar-refractivity contribution in [1.29, 1.82) is 0 Å². The van der Waals surface area contributed by atoms with Crippen LogP contribution in [-0.4, -0.2) is 66.6 Å². The monoisotopic (exact) mass is 393 g/mol. The number of carbonyl (C=O) groups is 2. The lowest BCUT2D eigenvalue weighted by Crippen LogP contribution is -2.40. The van der Waals surface area contributed by atoms with Gasteiger partial charge in [0.25, 0.3) is 0 Å². The molecule has 0 radical (unpaired) electrons. The van der Waals surface area contributed by atoms with Crippen molar-refractivity contribution in [3.05, 3.63) is 29.3 Å². The second-order valence-corrected chi connectivity index (χ2v) is 7.56. The van der Waals surface area contributed by atoms with Gasteiger partial charge in [0.2, 0.25) is 11.8 Å². The molecule has 0 atom stereocenters. The van der Waals surface area contributed by atoms with Gasteiger partial charge in [-0.05, 0) is 18.6 Å². The molecule has 2 amide bonds. The number of nitrogens with zero attached hydrogens (tertiary/aromatic N) is 2. The average Bonchev–Trinajstić information content (AvgIpc) is 2.87. The third-order valence-electron chi connectivity index (χ3n) is 4.11. The first-order valence-electron chi connectivity index (χ1n) is 8.68. The van der Waals surface area contributed by atoms with Gasteiger partial charge >= 0.3 is 0 Å². The van der Waals surface area contributed by atoms with Crippen molar-refractivity contribution in [3.63, 3.8) is 0 Å². The van der Waals surface area contributed by atoms with E-state index >= 15 is 0 Å². The standard InChI is InChI=1S/C19H24ClN3O2S/c1-2-9-21-18(24)15-22-10-5-11-23(13-12-22)19(25)8-14-26-17-7-4-3-6-16(17)20/h1,3-4,6-7H,5,8-15H2,(H,21,24). The maximum atomic E-state index is 12.5. The summed E-state index contributed by atoms with van der Waals surface area (Å²) in [6, 6.07) is 7.66. The average molecular weight is 394 g/mol. The van der Waals surface area contributed by atoms with Gasteiger partial charge in [-0.25, -0.2) is 0 Å². The molecule has 26 heavy (non-hydrogen) atoms. The number of terminal acetylenes is 1. The van der Waals surface area contributed by atoms with Crippen LogP contribution in [0.25, 0.3) is 0 Å². The van der Waals surface area contributed by atoms with E-state index < -0.39 is 0 Å². The van der Waals surface area contributed by atoms with Crippen molar-refractivity contribution < 1.29 is 9.59 Å². The van der Waals surface area contributed by atoms with Gasteiger partial charge in [0.15, 0.2) is 0 Å². The maximum absolute atomic E-state index is 12.5. The Morgan fingerprint density at radius 3 is 2.81 bits per heavy atom. The van der Waals surface area contributed by atoms with E-state index in [4.69, 9.17) is 18.0 Å². The Kier molecular flexibility index (Phi) is 8.82. The number of carbonyl (C=O) groups excluding carboxylic acids is 2. The van der Waals surface area contributed by atoms with Crippen molar-refractivity contribution in [2.24, 2.45) is 0 Å². The van der Waals surface area contributed by atoms with Crippen LogP contribution in [0, 0.1) is 12.3 Å². The van der Waals surface area contributed by atoms with E-state index in [9.17, 15) is 9.59 Å². The second kappa shape index (κ2) is 11.1. The van der Waals surface area contributed by atoms with Crippen molar-refractivity contribution in [2.75, 3.05) is 45.0 Å². The van der Waals surface area contributed by atoms with Crippen LogP contribution in [0.3, 0.4) is 0 Å². The summed E-state index contributed by atoms with van der Waals surface area (Å²) >= 11 is 7.74. The summed E-state index contributed by atoms with van der Waals surface area (Å²) in [4.78, 5) is 29.2. The number of hydrogen-bond donors (Lipinski definition) is 1. The molecule has 1 aliphatic rings. The van der Waals surface area contributed by atoms with Gasteiger partial charge in [-0.1, -0.05) is 29.7 Å². The smallest absolute Gasteiger partial charge is 0.234 e. The van der Waals surface area contributed by atoms with E-state index in [1.165, 1.54) is 0 Å². The van der Waals surface area contributed by atoms with Crippen LogP contribution in [0.1, 0.15) is 12.8 Å². The quantitative estimate of drug-likeness (QED) is 0.569. The minimum absolute atomic E-state index is 0.0705. The van der Waals surface area contributed by atoms with Crippen LogP contribution in [0.5, 0.6) is 0 Å². The number of nitrogens with one attached hydrogen (secondary N) is 1. The fourth-order valence-electron chi connectivity index (χ4n) is 2.76. The van der Waals surface area contributed by atoms with Gasteiger partial charge in [-0.3, -0.25) is 14.5 Å². The number of benzene rings is 1. The van der Waals surface area contributed by atoms with Crippen molar-refractivity contribution in [2.45, 2.75) is 17.7 Å². The Hall–Kier alpha value is -1.68. The first kappa shape index (κ1) is 20.6. The summed E-state index contributed by atoms with van der Waals surface area (Å²) in [5.41, 5.74) is 0. The lowest BCUT2D eigenvalue weighted by atomic mass is 10.3. The lowest BCUT2D eigenvalue weighted by Gasteiger charge is -2.21. The summed E-state index contributed by atoms with van der Waals surface area (Å²) in [7, 11) is 0. The van der Waals surface area contributed by atoms with E-state index in [0.717, 1.165) is 29.4 Å². The maximum Gasteiger partial charge on any atom is 0.234 e. The van der Waals surface area contributed by atoms with Crippen LogP contribution in [0.2, 0.25) is 5.02 Å². The highest BCUT2D eigenvalue weighted by atomic mass is 35.5. The molecule has 1 N–H and O–H groups in total. The van der Waals surface area contributed by atoms with Crippen molar-refractivity contribution >= 4 is 35.2 Å². The summed E-state index contributed by atoms with van der Waals surface area (Å²) in [5.74, 6) is 3.18. The number of amides is 2. The molecule has 1 aromatic carbocycles. The fourth-order valence-corrected chi connectivity index (χ4v) is 3.93. The van der Waals surface area contributed by atoms with Gasteiger partial charge in [0.1, 0.15) is 0 Å². The molecule has 140 valence electrons. The highest BCUT2D eigenvalue weighted by Gasteiger charge is 2.20. The van der Waals surface area contributed by atoms with E-state index in [2.05, 4.69) is 16.1 Å². The molecule has 1 heterocycles. The van der Waals surface area contributed by atoms with Crippen molar-refractivity contribution in [3.8, 4) is 12.3 Å². The molecule has 0 saturated carbocycles. The SMILES string of the molecule is C#CCNC(=O)CN1CCCN(C(=O)CCSc2ccccc2Cl)CC1. The Labute approximate surface area is 164 Å². The van der Waals surface area contributed by atoms with Crippen LogP contribution < -0.4 is 5.32 Å². The van der Waals surface area contributed by atoms with E-state index in [0.29, 0.717) is 31.8 Å². The third-order valence-corrected chi connectivity index (χ3v) is 5.62. The summed E-state index contributed by atoms with van der Waals surface area (Å²) < 4.78 is 0. The molecule has 5 nitrogen and oxygen atoms in total. The van der Waals surface area contributed by atoms with Gasteiger partial charge in [0, 0.05) is 43.2 Å². The normalized spacial score (nSPS) is 15.2. The molecule has 0 spiro atoms. The number of thioether (sulfide) groups is 1. The minimum atomic E-state index is -0.0705. The molecule has 0 unspecified atom stereocenters. The van der Waals surface area contributed by atoms with Gasteiger partial charge in [0.05, 0.1) is 18.1 Å². The zero-order valence-electron chi connectivity index (χ0n) is 14.7. The summed E-state index contributed by atoms with van der Waals surface area (Å²) in [6.07, 6.45) is 6.49. The van der Waals surface area contributed by atoms with Crippen molar-refractivity contribution in [1.82, 2.24) is 15.1 Å². The van der Waals surface area contributed by atoms with Crippen LogP contribution >= 0.6 is 23.4 Å². The molecule has 1 aromatic rings. The van der Waals surface area contributed by atoms with E-state index in [-0.39, 0.29) is 18.4 Å². The first-order chi connectivity index (χ1) is 12.6. The molecule has 1 saturated heterocycles. The fraction of sp³-hybridized carbons (Fsp3) is 0.474. The highest BCUT2D eigenvalue weighted by Crippen LogP contribution is 2.27. The second-order valence-electron chi connectivity index (χ2n) is 6.02. The minimum Gasteiger partial charge on any atom is -0.344 e. The first-order valence-corrected chi connectivity index (χ1v) is 10.0. The summed E-state index contributed by atoms with van der Waals surface area (Å²) in [5, 5.41) is 3.39. The Morgan fingerprint density at radius 1 is 1.23 bits per heavy atom. The molecular weight excluding hydrogens is 370 g/mol. The number of rotatable bonds is 7. The van der Waals surface area contributed by atoms with Gasteiger partial charge < -0.3 is 10.2 Å². The Balaban J connectivity index is 1.72. The van der Waals surface area contributed by atoms with Crippen LogP contribution in [0.15, 0.2) is 29.2 Å². The Morgan fingerprint density at radius 2 is 2.04 bits per heavy atom. The number of halogens is 1. The van der Waals surface area contributed by atoms with Gasteiger partial charge in [-0.15, -0.1) is 18.2 Å². The molecule has 0 aliphatic carbocycles. The predicted molar refractivity (Wildman–Crippen MR) is 106 cm³/mol. The van der Waals surface area contributed by atoms with E-state index in [1.54, 1.807) is 11.8 Å². The zero-order chi connectivity index (χ0) is 18.8. The molecule has 0 aromatic heterocycles. The molecule has 1 aliphatic heterocycles. The molecule has 2 rings (SSSR count). The van der Waals surface area contributed by atoms with E-state index in [1.807, 2.05) is 29.2 Å². The van der Waals surface area contributed by atoms with Crippen LogP contribution in [-0.2, 0) is 9.59 Å². The summed E-state index contributed by atoms with van der Waals surface area (Å²) in [6.45, 7) is 3.47.